The maximum atomic E-state index is 11.4. The first-order valence-corrected chi connectivity index (χ1v) is 8.79. The highest BCUT2D eigenvalue weighted by atomic mass is 79.9. The van der Waals surface area contributed by atoms with E-state index in [1.807, 2.05) is 18.2 Å². The zero-order valence-electron chi connectivity index (χ0n) is 14.0. The fraction of sp³-hybridized carbons (Fsp3) is 0.111. The number of halogens is 1. The van der Waals surface area contributed by atoms with Crippen molar-refractivity contribution in [2.24, 2.45) is 0 Å². The SMILES string of the molecule is O=C(O)NCCc1ccc(Nc2c([N+](=O)[O-])cnc3ccc(Br)cc23)cc1. The van der Waals surface area contributed by atoms with Gasteiger partial charge in [-0.2, -0.15) is 0 Å². The fourth-order valence-corrected chi connectivity index (χ4v) is 3.00. The minimum absolute atomic E-state index is 0.115. The number of amides is 1. The molecule has 0 spiro atoms. The smallest absolute Gasteiger partial charge is 0.404 e. The van der Waals surface area contributed by atoms with E-state index in [1.54, 1.807) is 24.3 Å². The van der Waals surface area contributed by atoms with Crippen LogP contribution in [0.1, 0.15) is 5.56 Å². The van der Waals surface area contributed by atoms with Crippen LogP contribution in [0.5, 0.6) is 0 Å². The fourth-order valence-electron chi connectivity index (χ4n) is 2.64. The monoisotopic (exact) mass is 430 g/mol. The van der Waals surface area contributed by atoms with E-state index in [4.69, 9.17) is 5.11 Å². The highest BCUT2D eigenvalue weighted by molar-refractivity contribution is 9.10. The van der Waals surface area contributed by atoms with Crippen molar-refractivity contribution in [3.05, 3.63) is 68.8 Å². The number of aromatic nitrogens is 1. The molecule has 0 aliphatic carbocycles. The third-order valence-corrected chi connectivity index (χ3v) is 4.41. The summed E-state index contributed by atoms with van der Waals surface area (Å²) in [5, 5.41) is 26.1. The lowest BCUT2D eigenvalue weighted by Crippen LogP contribution is -2.23. The van der Waals surface area contributed by atoms with Gasteiger partial charge in [0.15, 0.2) is 0 Å². The second kappa shape index (κ2) is 8.00. The molecule has 0 aliphatic rings. The summed E-state index contributed by atoms with van der Waals surface area (Å²) in [6.45, 7) is 0.316. The number of anilines is 2. The molecule has 9 heteroatoms. The first-order valence-electron chi connectivity index (χ1n) is 7.99. The van der Waals surface area contributed by atoms with Gasteiger partial charge in [-0.05, 0) is 42.3 Å². The van der Waals surface area contributed by atoms with E-state index in [0.717, 1.165) is 10.0 Å². The molecule has 1 heterocycles. The maximum absolute atomic E-state index is 11.4. The van der Waals surface area contributed by atoms with Gasteiger partial charge in [0.1, 0.15) is 11.9 Å². The summed E-state index contributed by atoms with van der Waals surface area (Å²) in [5.41, 5.74) is 2.52. The average Bonchev–Trinajstić information content (AvgIpc) is 2.63. The van der Waals surface area contributed by atoms with Crippen LogP contribution in [0.25, 0.3) is 10.9 Å². The van der Waals surface area contributed by atoms with Gasteiger partial charge in [-0.25, -0.2) is 9.78 Å². The summed E-state index contributed by atoms with van der Waals surface area (Å²) in [6, 6.07) is 12.7. The second-order valence-electron chi connectivity index (χ2n) is 5.74. The number of nitrogens with one attached hydrogen (secondary N) is 2. The highest BCUT2D eigenvalue weighted by Gasteiger charge is 2.18. The Morgan fingerprint density at radius 2 is 1.96 bits per heavy atom. The van der Waals surface area contributed by atoms with Gasteiger partial charge < -0.3 is 15.7 Å². The Bertz CT molecular complexity index is 1010. The maximum Gasteiger partial charge on any atom is 0.404 e. The number of nitro groups is 1. The lowest BCUT2D eigenvalue weighted by Gasteiger charge is -2.11. The normalized spacial score (nSPS) is 10.6. The van der Waals surface area contributed by atoms with Crippen LogP contribution in [0.4, 0.5) is 21.9 Å². The Labute approximate surface area is 162 Å². The first-order chi connectivity index (χ1) is 12.9. The Balaban J connectivity index is 1.89. The van der Waals surface area contributed by atoms with Gasteiger partial charge in [0.2, 0.25) is 0 Å². The minimum atomic E-state index is -1.06. The molecule has 0 saturated carbocycles. The van der Waals surface area contributed by atoms with Crippen LogP contribution in [0.3, 0.4) is 0 Å². The second-order valence-corrected chi connectivity index (χ2v) is 6.66. The van der Waals surface area contributed by atoms with Gasteiger partial charge in [-0.1, -0.05) is 28.1 Å². The topological polar surface area (TPSA) is 117 Å². The molecule has 8 nitrogen and oxygen atoms in total. The molecule has 0 radical (unpaired) electrons. The highest BCUT2D eigenvalue weighted by Crippen LogP contribution is 2.35. The summed E-state index contributed by atoms with van der Waals surface area (Å²) < 4.78 is 0.793. The third kappa shape index (κ3) is 4.50. The number of benzene rings is 2. The number of rotatable bonds is 6. The summed E-state index contributed by atoms with van der Waals surface area (Å²) in [4.78, 5) is 25.6. The zero-order chi connectivity index (χ0) is 19.4. The van der Waals surface area contributed by atoms with Crippen LogP contribution in [0.15, 0.2) is 53.1 Å². The van der Waals surface area contributed by atoms with Gasteiger partial charge in [-0.15, -0.1) is 0 Å². The number of pyridine rings is 1. The average molecular weight is 431 g/mol. The van der Waals surface area contributed by atoms with Crippen LogP contribution in [-0.4, -0.2) is 27.7 Å². The van der Waals surface area contributed by atoms with Crippen molar-refractivity contribution in [1.82, 2.24) is 10.3 Å². The van der Waals surface area contributed by atoms with E-state index in [-0.39, 0.29) is 5.69 Å². The van der Waals surface area contributed by atoms with E-state index >= 15 is 0 Å². The molecule has 0 bridgehead atoms. The molecule has 0 atom stereocenters. The van der Waals surface area contributed by atoms with Crippen molar-refractivity contribution in [1.29, 1.82) is 0 Å². The van der Waals surface area contributed by atoms with Crippen LogP contribution in [-0.2, 0) is 6.42 Å². The Morgan fingerprint density at radius 3 is 2.63 bits per heavy atom. The van der Waals surface area contributed by atoms with Gasteiger partial charge in [-0.3, -0.25) is 10.1 Å². The molecule has 3 rings (SSSR count). The van der Waals surface area contributed by atoms with Crippen LogP contribution < -0.4 is 10.6 Å². The third-order valence-electron chi connectivity index (χ3n) is 3.92. The van der Waals surface area contributed by atoms with Crippen molar-refractivity contribution >= 4 is 50.0 Å². The summed E-state index contributed by atoms with van der Waals surface area (Å²) >= 11 is 3.38. The first kappa shape index (κ1) is 18.6. The van der Waals surface area contributed by atoms with Gasteiger partial charge in [0.05, 0.1) is 10.4 Å². The molecule has 0 saturated heterocycles. The van der Waals surface area contributed by atoms with Gasteiger partial charge in [0.25, 0.3) is 0 Å². The molecular formula is C18H15BrN4O4. The molecule has 0 fully saturated rings. The predicted octanol–water partition coefficient (Wildman–Crippen LogP) is 4.46. The Kier molecular flexibility index (Phi) is 5.51. The number of hydrogen-bond acceptors (Lipinski definition) is 5. The number of nitrogens with zero attached hydrogens (tertiary/aromatic N) is 2. The Morgan fingerprint density at radius 1 is 1.22 bits per heavy atom. The molecule has 0 unspecified atom stereocenters. The number of carboxylic acid groups (broad SMARTS) is 1. The quantitative estimate of drug-likeness (QED) is 0.392. The van der Waals surface area contributed by atoms with Crippen molar-refractivity contribution in [3.63, 3.8) is 0 Å². The molecule has 0 aliphatic heterocycles. The van der Waals surface area contributed by atoms with Crippen molar-refractivity contribution in [2.75, 3.05) is 11.9 Å². The number of carbonyl (C=O) groups is 1. The van der Waals surface area contributed by atoms with Crippen LogP contribution in [0.2, 0.25) is 0 Å². The minimum Gasteiger partial charge on any atom is -0.465 e. The van der Waals surface area contributed by atoms with E-state index in [0.29, 0.717) is 35.2 Å². The van der Waals surface area contributed by atoms with E-state index < -0.39 is 11.0 Å². The standard InChI is InChI=1S/C18H15BrN4O4/c19-12-3-6-15-14(9-12)17(16(10-21-15)23(26)27)22-13-4-1-11(2-5-13)7-8-20-18(24)25/h1-6,9-10,20H,7-8H2,(H,21,22)(H,24,25). The van der Waals surface area contributed by atoms with Crippen molar-refractivity contribution < 1.29 is 14.8 Å². The van der Waals surface area contributed by atoms with Crippen LogP contribution in [0, 0.1) is 10.1 Å². The van der Waals surface area contributed by atoms with E-state index in [2.05, 4.69) is 31.5 Å². The molecule has 3 N–H and O–H groups in total. The zero-order valence-corrected chi connectivity index (χ0v) is 15.6. The van der Waals surface area contributed by atoms with E-state index in [1.165, 1.54) is 6.20 Å². The summed E-state index contributed by atoms with van der Waals surface area (Å²) in [5.74, 6) is 0. The van der Waals surface area contributed by atoms with Crippen LogP contribution >= 0.6 is 15.9 Å². The van der Waals surface area contributed by atoms with E-state index in [9.17, 15) is 14.9 Å². The molecule has 27 heavy (non-hydrogen) atoms. The largest absolute Gasteiger partial charge is 0.465 e. The molecule has 1 amide bonds. The molecular weight excluding hydrogens is 416 g/mol. The number of fused-ring (bicyclic) bond motifs is 1. The molecule has 2 aromatic carbocycles. The lowest BCUT2D eigenvalue weighted by atomic mass is 10.1. The van der Waals surface area contributed by atoms with Crippen molar-refractivity contribution in [2.45, 2.75) is 6.42 Å². The molecule has 1 aromatic heterocycles. The van der Waals surface area contributed by atoms with Gasteiger partial charge in [0, 0.05) is 22.1 Å². The summed E-state index contributed by atoms with van der Waals surface area (Å²) in [6.07, 6.45) is 0.735. The summed E-state index contributed by atoms with van der Waals surface area (Å²) in [7, 11) is 0. The van der Waals surface area contributed by atoms with Crippen molar-refractivity contribution in [3.8, 4) is 0 Å². The van der Waals surface area contributed by atoms with Gasteiger partial charge >= 0.3 is 11.8 Å². The molecule has 138 valence electrons. The number of hydrogen-bond donors (Lipinski definition) is 3. The Hall–Kier alpha value is -3.20. The molecule has 3 aromatic rings. The predicted molar refractivity (Wildman–Crippen MR) is 106 cm³/mol. The lowest BCUT2D eigenvalue weighted by molar-refractivity contribution is -0.384.